The molecule has 90 valence electrons. The van der Waals surface area contributed by atoms with E-state index < -0.39 is 0 Å². The highest BCUT2D eigenvalue weighted by Crippen LogP contribution is 2.36. The van der Waals surface area contributed by atoms with Gasteiger partial charge >= 0.3 is 0 Å². The topological polar surface area (TPSA) is 9.23 Å². The quantitative estimate of drug-likeness (QED) is 0.706. The summed E-state index contributed by atoms with van der Waals surface area (Å²) in [5.41, 5.74) is 3.39. The minimum absolute atomic E-state index is 0.108. The molecule has 1 nitrogen and oxygen atoms in total. The Morgan fingerprint density at radius 3 is 2.65 bits per heavy atom. The van der Waals surface area contributed by atoms with Gasteiger partial charge in [-0.05, 0) is 63.1 Å². The first-order valence-corrected chi connectivity index (χ1v) is 7.25. The second kappa shape index (κ2) is 5.42. The molecule has 0 aliphatic rings. The number of ether oxygens (including phenoxy) is 1. The molecule has 1 atom stereocenters. The van der Waals surface area contributed by atoms with Crippen molar-refractivity contribution in [1.29, 1.82) is 0 Å². The van der Waals surface area contributed by atoms with E-state index in [4.69, 9.17) is 16.3 Å². The largest absolute Gasteiger partial charge is 0.497 e. The normalized spacial score (nSPS) is 12.5. The number of benzene rings is 1. The van der Waals surface area contributed by atoms with Gasteiger partial charge in [0.15, 0.2) is 0 Å². The van der Waals surface area contributed by atoms with E-state index >= 15 is 0 Å². The molecule has 1 heterocycles. The van der Waals surface area contributed by atoms with Crippen molar-refractivity contribution in [2.75, 3.05) is 7.11 Å². The van der Waals surface area contributed by atoms with E-state index in [0.29, 0.717) is 0 Å². The van der Waals surface area contributed by atoms with Crippen LogP contribution in [0.5, 0.6) is 5.75 Å². The molecule has 1 aromatic heterocycles. The van der Waals surface area contributed by atoms with Gasteiger partial charge in [-0.25, -0.2) is 0 Å². The monoisotopic (exact) mass is 330 g/mol. The van der Waals surface area contributed by atoms with E-state index in [1.54, 1.807) is 18.4 Å². The molecule has 0 saturated heterocycles. The zero-order valence-corrected chi connectivity index (χ0v) is 12.7. The van der Waals surface area contributed by atoms with Crippen molar-refractivity contribution in [2.45, 2.75) is 12.3 Å². The van der Waals surface area contributed by atoms with Crippen LogP contribution in [-0.2, 0) is 0 Å². The summed E-state index contributed by atoms with van der Waals surface area (Å²) in [6, 6.07) is 8.04. The number of rotatable bonds is 3. The number of thiophene rings is 1. The van der Waals surface area contributed by atoms with Crippen LogP contribution in [0.1, 0.15) is 22.1 Å². The first-order valence-electron chi connectivity index (χ1n) is 5.14. The summed E-state index contributed by atoms with van der Waals surface area (Å²) in [4.78, 5) is 0. The minimum Gasteiger partial charge on any atom is -0.497 e. The Balaban J connectivity index is 2.34. The van der Waals surface area contributed by atoms with E-state index in [2.05, 4.69) is 34.3 Å². The predicted octanol–water partition coefficient (Wildman–Crippen LogP) is 5.16. The second-order valence-corrected chi connectivity index (χ2v) is 6.50. The van der Waals surface area contributed by atoms with Gasteiger partial charge in [-0.3, -0.25) is 0 Å². The maximum absolute atomic E-state index is 6.49. The molecule has 1 unspecified atom stereocenters. The van der Waals surface area contributed by atoms with E-state index in [9.17, 15) is 0 Å². The van der Waals surface area contributed by atoms with E-state index in [1.165, 1.54) is 0 Å². The van der Waals surface area contributed by atoms with Gasteiger partial charge in [0.25, 0.3) is 0 Å². The van der Waals surface area contributed by atoms with Gasteiger partial charge in [-0.1, -0.05) is 6.07 Å². The highest BCUT2D eigenvalue weighted by atomic mass is 79.9. The van der Waals surface area contributed by atoms with Crippen LogP contribution in [0.2, 0.25) is 0 Å². The molecular formula is C13H12BrClOS. The Bertz CT molecular complexity index is 524. The van der Waals surface area contributed by atoms with Crippen molar-refractivity contribution < 1.29 is 4.74 Å². The van der Waals surface area contributed by atoms with Crippen molar-refractivity contribution in [1.82, 2.24) is 0 Å². The molecule has 0 spiro atoms. The van der Waals surface area contributed by atoms with Gasteiger partial charge in [-0.2, -0.15) is 0 Å². The van der Waals surface area contributed by atoms with Gasteiger partial charge < -0.3 is 4.74 Å². The second-order valence-electron chi connectivity index (χ2n) is 3.77. The lowest BCUT2D eigenvalue weighted by Crippen LogP contribution is -1.95. The molecule has 0 aliphatic heterocycles. The lowest BCUT2D eigenvalue weighted by atomic mass is 10.0. The summed E-state index contributed by atoms with van der Waals surface area (Å²) in [5, 5.41) is 1.97. The van der Waals surface area contributed by atoms with Crippen molar-refractivity contribution in [3.8, 4) is 5.75 Å². The number of hydrogen-bond donors (Lipinski definition) is 0. The fraction of sp³-hybridized carbons (Fsp3) is 0.231. The first kappa shape index (κ1) is 12.9. The van der Waals surface area contributed by atoms with Gasteiger partial charge in [-0.15, -0.1) is 22.9 Å². The van der Waals surface area contributed by atoms with Crippen LogP contribution in [-0.4, -0.2) is 7.11 Å². The molecule has 1 aromatic carbocycles. The minimum atomic E-state index is -0.108. The maximum atomic E-state index is 6.49. The van der Waals surface area contributed by atoms with Crippen LogP contribution in [0.25, 0.3) is 0 Å². The lowest BCUT2D eigenvalue weighted by molar-refractivity contribution is 0.414. The van der Waals surface area contributed by atoms with E-state index in [-0.39, 0.29) is 5.38 Å². The average molecular weight is 332 g/mol. The lowest BCUT2D eigenvalue weighted by Gasteiger charge is -2.12. The van der Waals surface area contributed by atoms with Crippen LogP contribution in [0.4, 0.5) is 0 Å². The summed E-state index contributed by atoms with van der Waals surface area (Å²) in [6.45, 7) is 2.05. The molecule has 0 radical (unpaired) electrons. The summed E-state index contributed by atoms with van der Waals surface area (Å²) in [7, 11) is 1.67. The Morgan fingerprint density at radius 1 is 1.35 bits per heavy atom. The maximum Gasteiger partial charge on any atom is 0.119 e. The van der Waals surface area contributed by atoms with Gasteiger partial charge in [0.1, 0.15) is 5.75 Å². The Morgan fingerprint density at radius 2 is 2.12 bits per heavy atom. The predicted molar refractivity (Wildman–Crippen MR) is 77.4 cm³/mol. The van der Waals surface area contributed by atoms with Crippen molar-refractivity contribution >= 4 is 38.9 Å². The molecule has 0 aliphatic carbocycles. The number of methoxy groups -OCH3 is 1. The van der Waals surface area contributed by atoms with Gasteiger partial charge in [0.05, 0.1) is 16.3 Å². The van der Waals surface area contributed by atoms with Crippen LogP contribution in [0.15, 0.2) is 33.4 Å². The smallest absolute Gasteiger partial charge is 0.119 e. The number of aryl methyl sites for hydroxylation is 1. The van der Waals surface area contributed by atoms with Crippen molar-refractivity contribution in [3.05, 3.63) is 50.1 Å². The summed E-state index contributed by atoms with van der Waals surface area (Å²) < 4.78 is 6.29. The molecule has 0 fully saturated rings. The summed E-state index contributed by atoms with van der Waals surface area (Å²) in [5.74, 6) is 0.863. The van der Waals surface area contributed by atoms with Crippen LogP contribution in [0, 0.1) is 6.92 Å². The number of alkyl halides is 1. The fourth-order valence-corrected chi connectivity index (χ4v) is 3.34. The summed E-state index contributed by atoms with van der Waals surface area (Å²) >= 11 is 11.6. The third-order valence-corrected chi connectivity index (χ3v) is 4.64. The standard InChI is InChI=1S/C13H12BrClOS/c1-8-5-10(16-2)3-4-11(8)13(15)9-6-12(14)17-7-9/h3-7,13H,1-2H3. The molecule has 0 saturated carbocycles. The summed E-state index contributed by atoms with van der Waals surface area (Å²) in [6.07, 6.45) is 0. The Kier molecular flexibility index (Phi) is 4.13. The van der Waals surface area contributed by atoms with E-state index in [1.807, 2.05) is 18.2 Å². The Hall–Kier alpha value is -0.510. The Labute approximate surface area is 119 Å². The van der Waals surface area contributed by atoms with Gasteiger partial charge in [0, 0.05) is 0 Å². The third kappa shape index (κ3) is 2.84. The zero-order valence-electron chi connectivity index (χ0n) is 9.54. The highest BCUT2D eigenvalue weighted by Gasteiger charge is 2.15. The molecule has 2 aromatic rings. The molecular weight excluding hydrogens is 320 g/mol. The molecule has 17 heavy (non-hydrogen) atoms. The first-order chi connectivity index (χ1) is 8.11. The van der Waals surface area contributed by atoms with Crippen molar-refractivity contribution in [3.63, 3.8) is 0 Å². The number of halogens is 2. The van der Waals surface area contributed by atoms with Crippen LogP contribution in [0.3, 0.4) is 0 Å². The van der Waals surface area contributed by atoms with Crippen LogP contribution >= 0.6 is 38.9 Å². The van der Waals surface area contributed by atoms with Crippen LogP contribution < -0.4 is 4.74 Å². The van der Waals surface area contributed by atoms with E-state index in [0.717, 1.165) is 26.2 Å². The molecule has 2 rings (SSSR count). The number of hydrogen-bond acceptors (Lipinski definition) is 2. The molecule has 0 N–H and O–H groups in total. The SMILES string of the molecule is COc1ccc(C(Cl)c2csc(Br)c2)c(C)c1. The third-order valence-electron chi connectivity index (χ3n) is 2.63. The van der Waals surface area contributed by atoms with Crippen molar-refractivity contribution in [2.24, 2.45) is 0 Å². The fourth-order valence-electron chi connectivity index (χ4n) is 1.70. The highest BCUT2D eigenvalue weighted by molar-refractivity contribution is 9.11. The molecule has 0 amide bonds. The van der Waals surface area contributed by atoms with Gasteiger partial charge in [0.2, 0.25) is 0 Å². The molecule has 4 heteroatoms. The average Bonchev–Trinajstić information content (AvgIpc) is 2.75. The zero-order chi connectivity index (χ0) is 12.4. The molecule has 0 bridgehead atoms.